The molecule has 26 heavy (non-hydrogen) atoms. The fourth-order valence-electron chi connectivity index (χ4n) is 3.53. The van der Waals surface area contributed by atoms with Crippen LogP contribution in [0.1, 0.15) is 19.8 Å². The number of carbonyl (C=O) groups excluding carboxylic acids is 1. The maximum atomic E-state index is 11.2. The summed E-state index contributed by atoms with van der Waals surface area (Å²) in [7, 11) is 0. The largest absolute Gasteiger partial charge is 0.356 e. The van der Waals surface area contributed by atoms with E-state index in [1.807, 2.05) is 12.1 Å². The number of piperidine rings is 1. The summed E-state index contributed by atoms with van der Waals surface area (Å²) in [4.78, 5) is 23.3. The third-order valence-electron chi connectivity index (χ3n) is 4.82. The number of thiophene rings is 1. The number of fused-ring (bicyclic) bond motifs is 1. The minimum Gasteiger partial charge on any atom is -0.356 e. The fourth-order valence-corrected chi connectivity index (χ4v) is 4.17. The van der Waals surface area contributed by atoms with E-state index in [1.54, 1.807) is 18.3 Å². The van der Waals surface area contributed by atoms with Crippen molar-refractivity contribution in [1.29, 1.82) is 0 Å². The fraction of sp³-hybridized carbons (Fsp3) is 0.350. The highest BCUT2D eigenvalue weighted by atomic mass is 32.1. The molecule has 0 spiro atoms. The molecule has 0 aliphatic carbocycles. The van der Waals surface area contributed by atoms with Gasteiger partial charge in [0.25, 0.3) is 0 Å². The number of benzene rings is 1. The number of rotatable bonds is 4. The van der Waals surface area contributed by atoms with E-state index in [1.165, 1.54) is 0 Å². The van der Waals surface area contributed by atoms with Crippen LogP contribution in [0.4, 0.5) is 5.82 Å². The number of aromatic nitrogens is 2. The van der Waals surface area contributed by atoms with E-state index in [4.69, 9.17) is 9.97 Å². The molecule has 6 heteroatoms. The molecule has 1 saturated heterocycles. The van der Waals surface area contributed by atoms with E-state index in [2.05, 4.69) is 39.2 Å². The lowest BCUT2D eigenvalue weighted by atomic mass is 9.97. The van der Waals surface area contributed by atoms with E-state index < -0.39 is 0 Å². The molecule has 1 aliphatic rings. The topological polar surface area (TPSA) is 58.1 Å². The van der Waals surface area contributed by atoms with Crippen molar-refractivity contribution >= 4 is 34.0 Å². The van der Waals surface area contributed by atoms with Crippen LogP contribution in [0.25, 0.3) is 22.3 Å². The van der Waals surface area contributed by atoms with Gasteiger partial charge in [-0.25, -0.2) is 9.97 Å². The third-order valence-corrected chi connectivity index (χ3v) is 5.50. The summed E-state index contributed by atoms with van der Waals surface area (Å²) in [6, 6.07) is 10.3. The molecule has 1 atom stereocenters. The summed E-state index contributed by atoms with van der Waals surface area (Å²) in [5, 5.41) is 8.19. The second kappa shape index (κ2) is 7.41. The Morgan fingerprint density at radius 2 is 2.19 bits per heavy atom. The van der Waals surface area contributed by atoms with Crippen LogP contribution in [0, 0.1) is 5.92 Å². The van der Waals surface area contributed by atoms with E-state index >= 15 is 0 Å². The predicted molar refractivity (Wildman–Crippen MR) is 106 cm³/mol. The van der Waals surface area contributed by atoms with Gasteiger partial charge in [-0.15, -0.1) is 0 Å². The highest BCUT2D eigenvalue weighted by molar-refractivity contribution is 7.08. The lowest BCUT2D eigenvalue weighted by Gasteiger charge is -2.34. The number of nitrogens with zero attached hydrogens (tertiary/aromatic N) is 3. The third kappa shape index (κ3) is 3.55. The van der Waals surface area contributed by atoms with Gasteiger partial charge in [-0.1, -0.05) is 12.1 Å². The predicted octanol–water partition coefficient (Wildman–Crippen LogP) is 3.71. The molecule has 3 aromatic rings. The van der Waals surface area contributed by atoms with E-state index in [0.29, 0.717) is 5.92 Å². The zero-order chi connectivity index (χ0) is 17.9. The summed E-state index contributed by atoms with van der Waals surface area (Å²) in [5.74, 6) is 2.27. The molecular formula is C20H22N4OS. The first-order chi connectivity index (χ1) is 12.7. The first-order valence-corrected chi connectivity index (χ1v) is 9.94. The molecule has 2 aromatic heterocycles. The Balaban J connectivity index is 1.69. The van der Waals surface area contributed by atoms with Gasteiger partial charge in [0, 0.05) is 42.9 Å². The Labute approximate surface area is 157 Å². The Hall–Kier alpha value is -2.47. The van der Waals surface area contributed by atoms with Gasteiger partial charge >= 0.3 is 0 Å². The molecule has 5 nitrogen and oxygen atoms in total. The van der Waals surface area contributed by atoms with Crippen molar-refractivity contribution in [3.63, 3.8) is 0 Å². The Bertz CT molecular complexity index is 909. The molecule has 1 fully saturated rings. The molecule has 0 saturated carbocycles. The number of nitrogens with one attached hydrogen (secondary N) is 1. The van der Waals surface area contributed by atoms with Gasteiger partial charge in [-0.2, -0.15) is 11.3 Å². The van der Waals surface area contributed by atoms with Gasteiger partial charge in [0.2, 0.25) is 5.91 Å². The number of carbonyl (C=O) groups is 1. The molecule has 1 aliphatic heterocycles. The lowest BCUT2D eigenvalue weighted by molar-refractivity contribution is -0.119. The summed E-state index contributed by atoms with van der Waals surface area (Å²) in [6.45, 7) is 4.20. The zero-order valence-corrected chi connectivity index (χ0v) is 15.6. The number of hydrogen-bond donors (Lipinski definition) is 1. The number of anilines is 1. The van der Waals surface area contributed by atoms with E-state index in [-0.39, 0.29) is 5.91 Å². The molecule has 1 unspecified atom stereocenters. The van der Waals surface area contributed by atoms with Crippen molar-refractivity contribution < 1.29 is 4.79 Å². The van der Waals surface area contributed by atoms with Crippen molar-refractivity contribution in [2.45, 2.75) is 19.8 Å². The van der Waals surface area contributed by atoms with Crippen molar-refractivity contribution in [2.24, 2.45) is 5.92 Å². The molecule has 1 amide bonds. The van der Waals surface area contributed by atoms with Crippen LogP contribution in [0.3, 0.4) is 0 Å². The van der Waals surface area contributed by atoms with Crippen LogP contribution < -0.4 is 10.2 Å². The zero-order valence-electron chi connectivity index (χ0n) is 14.8. The van der Waals surface area contributed by atoms with Gasteiger partial charge < -0.3 is 10.2 Å². The Morgan fingerprint density at radius 1 is 1.31 bits per heavy atom. The number of hydrogen-bond acceptors (Lipinski definition) is 5. The summed E-state index contributed by atoms with van der Waals surface area (Å²) >= 11 is 1.66. The van der Waals surface area contributed by atoms with Crippen LogP contribution in [-0.2, 0) is 4.79 Å². The van der Waals surface area contributed by atoms with Gasteiger partial charge in [0.1, 0.15) is 5.82 Å². The first-order valence-electron chi connectivity index (χ1n) is 8.99. The van der Waals surface area contributed by atoms with E-state index in [0.717, 1.165) is 60.6 Å². The lowest BCUT2D eigenvalue weighted by Crippen LogP contribution is -2.41. The SMILES string of the molecule is CC(=O)NCC1CCCN(c2nc(-c3ccsc3)nc3ccccc23)C1. The first kappa shape index (κ1) is 17.0. The Kier molecular flexibility index (Phi) is 4.84. The average molecular weight is 366 g/mol. The molecule has 0 radical (unpaired) electrons. The van der Waals surface area contributed by atoms with Gasteiger partial charge in [-0.05, 0) is 42.3 Å². The average Bonchev–Trinajstić information content (AvgIpc) is 3.20. The number of para-hydroxylation sites is 1. The molecular weight excluding hydrogens is 344 g/mol. The van der Waals surface area contributed by atoms with Gasteiger partial charge in [0.05, 0.1) is 5.52 Å². The van der Waals surface area contributed by atoms with Gasteiger partial charge in [0.15, 0.2) is 5.82 Å². The molecule has 3 heterocycles. The van der Waals surface area contributed by atoms with Crippen molar-refractivity contribution in [2.75, 3.05) is 24.5 Å². The van der Waals surface area contributed by atoms with Gasteiger partial charge in [-0.3, -0.25) is 4.79 Å². The monoisotopic (exact) mass is 366 g/mol. The standard InChI is InChI=1S/C20H22N4OS/c1-14(25)21-11-15-5-4-9-24(12-15)20-17-6-2-3-7-18(17)22-19(23-20)16-8-10-26-13-16/h2-3,6-8,10,13,15H,4-5,9,11-12H2,1H3,(H,21,25). The second-order valence-corrected chi connectivity index (χ2v) is 7.57. The molecule has 134 valence electrons. The molecule has 1 N–H and O–H groups in total. The highest BCUT2D eigenvalue weighted by Crippen LogP contribution is 2.31. The Morgan fingerprint density at radius 3 is 3.00 bits per heavy atom. The second-order valence-electron chi connectivity index (χ2n) is 6.79. The van der Waals surface area contributed by atoms with Crippen LogP contribution in [0.5, 0.6) is 0 Å². The van der Waals surface area contributed by atoms with Crippen molar-refractivity contribution in [3.8, 4) is 11.4 Å². The minimum atomic E-state index is 0.0364. The van der Waals surface area contributed by atoms with Crippen LogP contribution in [0.15, 0.2) is 41.1 Å². The summed E-state index contributed by atoms with van der Waals surface area (Å²) < 4.78 is 0. The summed E-state index contributed by atoms with van der Waals surface area (Å²) in [6.07, 6.45) is 2.24. The van der Waals surface area contributed by atoms with Crippen LogP contribution >= 0.6 is 11.3 Å². The smallest absolute Gasteiger partial charge is 0.216 e. The van der Waals surface area contributed by atoms with E-state index in [9.17, 15) is 4.79 Å². The van der Waals surface area contributed by atoms with Crippen molar-refractivity contribution in [3.05, 3.63) is 41.1 Å². The van der Waals surface area contributed by atoms with Crippen LogP contribution in [0.2, 0.25) is 0 Å². The van der Waals surface area contributed by atoms with Crippen LogP contribution in [-0.4, -0.2) is 35.5 Å². The maximum Gasteiger partial charge on any atom is 0.216 e. The molecule has 4 rings (SSSR count). The number of amides is 1. The molecule has 1 aromatic carbocycles. The molecule has 0 bridgehead atoms. The normalized spacial score (nSPS) is 17.4. The maximum absolute atomic E-state index is 11.2. The summed E-state index contributed by atoms with van der Waals surface area (Å²) in [5.41, 5.74) is 2.04. The van der Waals surface area contributed by atoms with Crippen molar-refractivity contribution in [1.82, 2.24) is 15.3 Å². The minimum absolute atomic E-state index is 0.0364. The quantitative estimate of drug-likeness (QED) is 0.765. The highest BCUT2D eigenvalue weighted by Gasteiger charge is 2.23.